The van der Waals surface area contributed by atoms with Crippen molar-refractivity contribution in [2.24, 2.45) is 5.92 Å². The third-order valence-corrected chi connectivity index (χ3v) is 5.14. The van der Waals surface area contributed by atoms with Crippen LogP contribution in [0.4, 0.5) is 5.13 Å². The number of hydrogen-bond donors (Lipinski definition) is 1. The molecule has 5 heteroatoms. The highest BCUT2D eigenvalue weighted by Gasteiger charge is 2.31. The number of aromatic nitrogens is 1. The summed E-state index contributed by atoms with van der Waals surface area (Å²) >= 11 is 1.72. The largest absolute Gasteiger partial charge is 0.465 e. The molecule has 0 aromatic carbocycles. The second-order valence-electron chi connectivity index (χ2n) is 5.68. The van der Waals surface area contributed by atoms with Gasteiger partial charge in [0.15, 0.2) is 5.13 Å². The first-order valence-corrected chi connectivity index (χ1v) is 8.49. The molecule has 0 bridgehead atoms. The lowest BCUT2D eigenvalue weighted by Gasteiger charge is -2.19. The second kappa shape index (κ2) is 6.12. The summed E-state index contributed by atoms with van der Waals surface area (Å²) in [4.78, 5) is 17.9. The Bertz CT molecular complexity index is 482. The Morgan fingerprint density at radius 1 is 1.45 bits per heavy atom. The number of fused-ring (bicyclic) bond motifs is 1. The third kappa shape index (κ3) is 3.14. The molecule has 4 nitrogen and oxygen atoms in total. The summed E-state index contributed by atoms with van der Waals surface area (Å²) in [5, 5.41) is 4.40. The van der Waals surface area contributed by atoms with Crippen molar-refractivity contribution in [1.82, 2.24) is 4.98 Å². The molecule has 1 heterocycles. The van der Waals surface area contributed by atoms with Gasteiger partial charge in [-0.05, 0) is 38.5 Å². The summed E-state index contributed by atoms with van der Waals surface area (Å²) in [6.45, 7) is 3.30. The van der Waals surface area contributed by atoms with E-state index in [0.717, 1.165) is 42.6 Å². The summed E-state index contributed by atoms with van der Waals surface area (Å²) in [7, 11) is 0. The normalized spacial score (nSPS) is 21.4. The van der Waals surface area contributed by atoms with Gasteiger partial charge in [0.1, 0.15) is 5.92 Å². The Morgan fingerprint density at radius 2 is 2.30 bits per heavy atom. The van der Waals surface area contributed by atoms with Crippen LogP contribution in [0.15, 0.2) is 0 Å². The lowest BCUT2D eigenvalue weighted by atomic mass is 9.91. The first kappa shape index (κ1) is 13.9. The number of hydrogen-bond acceptors (Lipinski definition) is 5. The van der Waals surface area contributed by atoms with Gasteiger partial charge in [-0.15, -0.1) is 11.3 Å². The van der Waals surface area contributed by atoms with E-state index in [1.165, 1.54) is 24.1 Å². The van der Waals surface area contributed by atoms with Crippen LogP contribution in [-0.2, 0) is 16.0 Å². The first-order chi connectivity index (χ1) is 9.78. The lowest BCUT2D eigenvalue weighted by Crippen LogP contribution is -2.20. The maximum Gasteiger partial charge on any atom is 0.315 e. The highest BCUT2D eigenvalue weighted by atomic mass is 32.1. The highest BCUT2D eigenvalue weighted by Crippen LogP contribution is 2.37. The smallest absolute Gasteiger partial charge is 0.315 e. The molecule has 1 aromatic heterocycles. The predicted molar refractivity (Wildman–Crippen MR) is 80.3 cm³/mol. The fourth-order valence-electron chi connectivity index (χ4n) is 2.76. The van der Waals surface area contributed by atoms with Crippen molar-refractivity contribution in [1.29, 1.82) is 0 Å². The van der Waals surface area contributed by atoms with Gasteiger partial charge in [-0.2, -0.15) is 0 Å². The van der Waals surface area contributed by atoms with Gasteiger partial charge in [-0.3, -0.25) is 4.79 Å². The molecule has 20 heavy (non-hydrogen) atoms. The molecule has 2 aliphatic rings. The van der Waals surface area contributed by atoms with E-state index in [1.807, 2.05) is 6.92 Å². The molecular formula is C15H22N2O2S. The molecule has 2 aliphatic carbocycles. The number of esters is 1. The third-order valence-electron chi connectivity index (χ3n) is 4.05. The molecule has 1 unspecified atom stereocenters. The molecule has 0 radical (unpaired) electrons. The molecule has 0 spiro atoms. The average molecular weight is 294 g/mol. The maximum atomic E-state index is 12.0. The topological polar surface area (TPSA) is 51.2 Å². The minimum atomic E-state index is -0.145. The summed E-state index contributed by atoms with van der Waals surface area (Å²) in [5.41, 5.74) is 0.966. The average Bonchev–Trinajstić information content (AvgIpc) is 3.16. The van der Waals surface area contributed by atoms with Crippen LogP contribution in [0.2, 0.25) is 0 Å². The van der Waals surface area contributed by atoms with Crippen molar-refractivity contribution in [2.45, 2.75) is 51.4 Å². The summed E-state index contributed by atoms with van der Waals surface area (Å²) in [6, 6.07) is 0. The highest BCUT2D eigenvalue weighted by molar-refractivity contribution is 7.15. The Balaban J connectivity index is 1.65. The fourth-order valence-corrected chi connectivity index (χ4v) is 3.85. The zero-order valence-corrected chi connectivity index (χ0v) is 12.8. The standard InChI is InChI=1S/C15H22N2O2S/c1-2-19-14(18)11-4-3-5-12-13(11)17-15(20-12)16-9-8-10-6-7-10/h10-11H,2-9H2,1H3,(H,16,17). The van der Waals surface area contributed by atoms with E-state index in [9.17, 15) is 4.79 Å². The van der Waals surface area contributed by atoms with Crippen LogP contribution in [-0.4, -0.2) is 24.1 Å². The molecular weight excluding hydrogens is 272 g/mol. The van der Waals surface area contributed by atoms with Crippen LogP contribution in [0.25, 0.3) is 0 Å². The molecule has 110 valence electrons. The van der Waals surface area contributed by atoms with Gasteiger partial charge >= 0.3 is 5.97 Å². The number of rotatable bonds is 6. The molecule has 0 amide bonds. The van der Waals surface area contributed by atoms with Crippen LogP contribution in [0.5, 0.6) is 0 Å². The quantitative estimate of drug-likeness (QED) is 0.818. The van der Waals surface area contributed by atoms with Crippen molar-refractivity contribution in [3.63, 3.8) is 0 Å². The molecule has 0 saturated heterocycles. The van der Waals surface area contributed by atoms with Gasteiger partial charge in [0, 0.05) is 11.4 Å². The van der Waals surface area contributed by atoms with Gasteiger partial charge in [0.2, 0.25) is 0 Å². The lowest BCUT2D eigenvalue weighted by molar-refractivity contribution is -0.145. The van der Waals surface area contributed by atoms with Gasteiger partial charge in [-0.1, -0.05) is 12.8 Å². The molecule has 1 atom stereocenters. The fraction of sp³-hybridized carbons (Fsp3) is 0.733. The zero-order valence-electron chi connectivity index (χ0n) is 12.0. The molecule has 1 saturated carbocycles. The number of aryl methyl sites for hydroxylation is 1. The van der Waals surface area contributed by atoms with Crippen LogP contribution < -0.4 is 5.32 Å². The van der Waals surface area contributed by atoms with Crippen molar-refractivity contribution >= 4 is 22.4 Å². The molecule has 0 aliphatic heterocycles. The molecule has 3 rings (SSSR count). The number of carbonyl (C=O) groups is 1. The summed E-state index contributed by atoms with van der Waals surface area (Å²) in [6.07, 6.45) is 7.00. The Hall–Kier alpha value is -1.10. The van der Waals surface area contributed by atoms with Crippen molar-refractivity contribution in [3.05, 3.63) is 10.6 Å². The van der Waals surface area contributed by atoms with E-state index < -0.39 is 0 Å². The maximum absolute atomic E-state index is 12.0. The summed E-state index contributed by atoms with van der Waals surface area (Å²) < 4.78 is 5.17. The Labute approximate surface area is 123 Å². The predicted octanol–water partition coefficient (Wildman–Crippen LogP) is 3.34. The number of thiazole rings is 1. The number of nitrogens with zero attached hydrogens (tertiary/aromatic N) is 1. The number of nitrogens with one attached hydrogen (secondary N) is 1. The number of carbonyl (C=O) groups excluding carboxylic acids is 1. The van der Waals surface area contributed by atoms with Gasteiger partial charge in [0.05, 0.1) is 12.3 Å². The molecule has 1 N–H and O–H groups in total. The van der Waals surface area contributed by atoms with Gasteiger partial charge < -0.3 is 10.1 Å². The van der Waals surface area contributed by atoms with E-state index in [-0.39, 0.29) is 11.9 Å². The van der Waals surface area contributed by atoms with Crippen LogP contribution in [0.1, 0.15) is 55.5 Å². The Morgan fingerprint density at radius 3 is 3.05 bits per heavy atom. The molecule has 1 fully saturated rings. The zero-order chi connectivity index (χ0) is 13.9. The van der Waals surface area contributed by atoms with Crippen LogP contribution in [0.3, 0.4) is 0 Å². The first-order valence-electron chi connectivity index (χ1n) is 7.68. The van der Waals surface area contributed by atoms with E-state index in [0.29, 0.717) is 6.61 Å². The van der Waals surface area contributed by atoms with Crippen LogP contribution >= 0.6 is 11.3 Å². The van der Waals surface area contributed by atoms with Crippen molar-refractivity contribution in [2.75, 3.05) is 18.5 Å². The minimum Gasteiger partial charge on any atom is -0.465 e. The van der Waals surface area contributed by atoms with Crippen molar-refractivity contribution in [3.8, 4) is 0 Å². The molecule has 1 aromatic rings. The van der Waals surface area contributed by atoms with E-state index in [4.69, 9.17) is 4.74 Å². The van der Waals surface area contributed by atoms with Gasteiger partial charge in [-0.25, -0.2) is 4.98 Å². The number of ether oxygens (including phenoxy) is 1. The second-order valence-corrected chi connectivity index (χ2v) is 6.77. The van der Waals surface area contributed by atoms with Crippen LogP contribution in [0, 0.1) is 5.92 Å². The van der Waals surface area contributed by atoms with E-state index >= 15 is 0 Å². The van der Waals surface area contributed by atoms with E-state index in [1.54, 1.807) is 11.3 Å². The van der Waals surface area contributed by atoms with Gasteiger partial charge in [0.25, 0.3) is 0 Å². The Kier molecular flexibility index (Phi) is 4.24. The van der Waals surface area contributed by atoms with Crippen molar-refractivity contribution < 1.29 is 9.53 Å². The number of anilines is 1. The SMILES string of the molecule is CCOC(=O)C1CCCc2sc(NCCC3CC3)nc21. The monoisotopic (exact) mass is 294 g/mol. The minimum absolute atomic E-state index is 0.108. The van der Waals surface area contributed by atoms with E-state index in [2.05, 4.69) is 10.3 Å². The summed E-state index contributed by atoms with van der Waals surface area (Å²) in [5.74, 6) is 0.682.